The van der Waals surface area contributed by atoms with Crippen molar-refractivity contribution in [2.24, 2.45) is 5.73 Å². The summed E-state index contributed by atoms with van der Waals surface area (Å²) >= 11 is 5.86. The van der Waals surface area contributed by atoms with Crippen molar-refractivity contribution in [3.8, 4) is 0 Å². The SMILES string of the molecule is NC(=O)N[C@H](c1ccccc1)c1ccc(Cl)cc1. The molecule has 4 heteroatoms. The summed E-state index contributed by atoms with van der Waals surface area (Å²) in [5, 5.41) is 3.38. The maximum atomic E-state index is 11.1. The molecule has 2 amide bonds. The van der Waals surface area contributed by atoms with E-state index in [0.717, 1.165) is 11.1 Å². The lowest BCUT2D eigenvalue weighted by Gasteiger charge is -2.18. The Morgan fingerprint density at radius 3 is 2.11 bits per heavy atom. The Morgan fingerprint density at radius 1 is 1.00 bits per heavy atom. The first-order valence-corrected chi connectivity index (χ1v) is 5.91. The topological polar surface area (TPSA) is 55.1 Å². The molecule has 0 heterocycles. The van der Waals surface area contributed by atoms with Gasteiger partial charge in [0.05, 0.1) is 6.04 Å². The fourth-order valence-electron chi connectivity index (χ4n) is 1.80. The second-order valence-electron chi connectivity index (χ2n) is 3.90. The number of nitrogens with one attached hydrogen (secondary N) is 1. The molecule has 0 bridgehead atoms. The molecule has 0 saturated heterocycles. The fraction of sp³-hybridized carbons (Fsp3) is 0.0714. The van der Waals surface area contributed by atoms with Crippen molar-refractivity contribution in [1.82, 2.24) is 5.32 Å². The highest BCUT2D eigenvalue weighted by Gasteiger charge is 2.14. The molecule has 1 atom stereocenters. The average Bonchev–Trinajstić information content (AvgIpc) is 2.38. The van der Waals surface area contributed by atoms with Crippen LogP contribution in [0.15, 0.2) is 54.6 Å². The largest absolute Gasteiger partial charge is 0.352 e. The molecule has 0 aliphatic rings. The van der Waals surface area contributed by atoms with Crippen molar-refractivity contribution in [2.45, 2.75) is 6.04 Å². The molecule has 3 nitrogen and oxygen atoms in total. The van der Waals surface area contributed by atoms with Gasteiger partial charge in [0.15, 0.2) is 0 Å². The van der Waals surface area contributed by atoms with Gasteiger partial charge >= 0.3 is 6.03 Å². The standard InChI is InChI=1S/C14H13ClN2O/c15-12-8-6-11(7-9-12)13(17-14(16)18)10-4-2-1-3-5-10/h1-9,13H,(H3,16,17,18)/t13-/m1/s1. The van der Waals surface area contributed by atoms with E-state index in [1.54, 1.807) is 12.1 Å². The Hall–Kier alpha value is -2.00. The van der Waals surface area contributed by atoms with Crippen LogP contribution in [-0.4, -0.2) is 6.03 Å². The predicted molar refractivity (Wildman–Crippen MR) is 72.5 cm³/mol. The summed E-state index contributed by atoms with van der Waals surface area (Å²) in [4.78, 5) is 11.1. The molecule has 2 aromatic carbocycles. The normalized spacial score (nSPS) is 11.8. The zero-order chi connectivity index (χ0) is 13.0. The molecule has 0 saturated carbocycles. The number of urea groups is 1. The molecular formula is C14H13ClN2O. The van der Waals surface area contributed by atoms with Gasteiger partial charge in [-0.05, 0) is 23.3 Å². The maximum Gasteiger partial charge on any atom is 0.312 e. The van der Waals surface area contributed by atoms with E-state index in [1.807, 2.05) is 42.5 Å². The van der Waals surface area contributed by atoms with Crippen molar-refractivity contribution < 1.29 is 4.79 Å². The number of hydrogen-bond donors (Lipinski definition) is 2. The van der Waals surface area contributed by atoms with Crippen LogP contribution in [0, 0.1) is 0 Å². The van der Waals surface area contributed by atoms with E-state index in [9.17, 15) is 4.79 Å². The van der Waals surface area contributed by atoms with E-state index in [-0.39, 0.29) is 6.04 Å². The molecule has 0 unspecified atom stereocenters. The summed E-state index contributed by atoms with van der Waals surface area (Å²) in [7, 11) is 0. The zero-order valence-corrected chi connectivity index (χ0v) is 10.4. The van der Waals surface area contributed by atoms with Crippen LogP contribution >= 0.6 is 11.6 Å². The number of halogens is 1. The van der Waals surface area contributed by atoms with Crippen molar-refractivity contribution in [2.75, 3.05) is 0 Å². The Morgan fingerprint density at radius 2 is 1.56 bits per heavy atom. The number of carbonyl (C=O) groups excluding carboxylic acids is 1. The van der Waals surface area contributed by atoms with Crippen LogP contribution in [0.2, 0.25) is 5.02 Å². The highest BCUT2D eigenvalue weighted by atomic mass is 35.5. The average molecular weight is 261 g/mol. The Labute approximate surface area is 111 Å². The van der Waals surface area contributed by atoms with E-state index in [1.165, 1.54) is 0 Å². The van der Waals surface area contributed by atoms with Crippen molar-refractivity contribution in [3.63, 3.8) is 0 Å². The molecular weight excluding hydrogens is 248 g/mol. The number of primary amides is 1. The quantitative estimate of drug-likeness (QED) is 0.875. The summed E-state index contributed by atoms with van der Waals surface area (Å²) in [5.41, 5.74) is 7.13. The van der Waals surface area contributed by atoms with Gasteiger partial charge in [0.2, 0.25) is 0 Å². The molecule has 0 radical (unpaired) electrons. The highest BCUT2D eigenvalue weighted by Crippen LogP contribution is 2.23. The van der Waals surface area contributed by atoms with Gasteiger partial charge in [-0.25, -0.2) is 4.79 Å². The van der Waals surface area contributed by atoms with Crippen molar-refractivity contribution in [3.05, 3.63) is 70.7 Å². The molecule has 92 valence electrons. The van der Waals surface area contributed by atoms with E-state index in [4.69, 9.17) is 17.3 Å². The van der Waals surface area contributed by atoms with Gasteiger partial charge in [-0.3, -0.25) is 0 Å². The third-order valence-electron chi connectivity index (χ3n) is 2.62. The molecule has 0 fully saturated rings. The van der Waals surface area contributed by atoms with Crippen molar-refractivity contribution in [1.29, 1.82) is 0 Å². The van der Waals surface area contributed by atoms with Crippen LogP contribution in [0.3, 0.4) is 0 Å². The monoisotopic (exact) mass is 260 g/mol. The minimum atomic E-state index is -0.557. The Bertz CT molecular complexity index is 525. The maximum absolute atomic E-state index is 11.1. The first kappa shape index (κ1) is 12.5. The minimum absolute atomic E-state index is 0.263. The Kier molecular flexibility index (Phi) is 3.85. The lowest BCUT2D eigenvalue weighted by atomic mass is 9.99. The zero-order valence-electron chi connectivity index (χ0n) is 9.64. The second-order valence-corrected chi connectivity index (χ2v) is 4.34. The number of nitrogens with two attached hydrogens (primary N) is 1. The smallest absolute Gasteiger partial charge is 0.312 e. The lowest BCUT2D eigenvalue weighted by Crippen LogP contribution is -2.33. The summed E-state index contributed by atoms with van der Waals surface area (Å²) in [5.74, 6) is 0. The minimum Gasteiger partial charge on any atom is -0.352 e. The van der Waals surface area contributed by atoms with Gasteiger partial charge in [-0.2, -0.15) is 0 Å². The molecule has 0 aliphatic carbocycles. The molecule has 0 aliphatic heterocycles. The third-order valence-corrected chi connectivity index (χ3v) is 2.87. The van der Waals surface area contributed by atoms with E-state index < -0.39 is 6.03 Å². The first-order valence-electron chi connectivity index (χ1n) is 5.53. The van der Waals surface area contributed by atoms with Crippen LogP contribution in [0.4, 0.5) is 4.79 Å². The molecule has 2 aromatic rings. The van der Waals surface area contributed by atoms with Gasteiger partial charge in [-0.15, -0.1) is 0 Å². The van der Waals surface area contributed by atoms with E-state index >= 15 is 0 Å². The van der Waals surface area contributed by atoms with Crippen LogP contribution in [-0.2, 0) is 0 Å². The molecule has 18 heavy (non-hydrogen) atoms. The van der Waals surface area contributed by atoms with Gasteiger partial charge in [0.25, 0.3) is 0 Å². The van der Waals surface area contributed by atoms with Gasteiger partial charge < -0.3 is 11.1 Å². The third kappa shape index (κ3) is 3.02. The lowest BCUT2D eigenvalue weighted by molar-refractivity contribution is 0.247. The van der Waals surface area contributed by atoms with E-state index in [2.05, 4.69) is 5.32 Å². The Balaban J connectivity index is 2.36. The predicted octanol–water partition coefficient (Wildman–Crippen LogP) is 3.10. The molecule has 0 aromatic heterocycles. The number of benzene rings is 2. The molecule has 2 rings (SSSR count). The van der Waals surface area contributed by atoms with E-state index in [0.29, 0.717) is 5.02 Å². The summed E-state index contributed by atoms with van der Waals surface area (Å²) in [6, 6.07) is 16.1. The van der Waals surface area contributed by atoms with Crippen LogP contribution in [0.25, 0.3) is 0 Å². The summed E-state index contributed by atoms with van der Waals surface area (Å²) in [6.07, 6.45) is 0. The van der Waals surface area contributed by atoms with Crippen molar-refractivity contribution >= 4 is 17.6 Å². The summed E-state index contributed by atoms with van der Waals surface area (Å²) < 4.78 is 0. The van der Waals surface area contributed by atoms with Crippen LogP contribution in [0.1, 0.15) is 17.2 Å². The van der Waals surface area contributed by atoms with Gasteiger partial charge in [-0.1, -0.05) is 54.1 Å². The van der Waals surface area contributed by atoms with Crippen LogP contribution < -0.4 is 11.1 Å². The first-order chi connectivity index (χ1) is 8.66. The molecule has 3 N–H and O–H groups in total. The number of hydrogen-bond acceptors (Lipinski definition) is 1. The highest BCUT2D eigenvalue weighted by molar-refractivity contribution is 6.30. The molecule has 0 spiro atoms. The fourth-order valence-corrected chi connectivity index (χ4v) is 1.93. The van der Waals surface area contributed by atoms with Gasteiger partial charge in [0.1, 0.15) is 0 Å². The number of rotatable bonds is 3. The number of amides is 2. The second kappa shape index (κ2) is 5.56. The van der Waals surface area contributed by atoms with Crippen LogP contribution in [0.5, 0.6) is 0 Å². The number of carbonyl (C=O) groups is 1. The van der Waals surface area contributed by atoms with Gasteiger partial charge in [0, 0.05) is 5.02 Å². The summed E-state index contributed by atoms with van der Waals surface area (Å²) in [6.45, 7) is 0.